The van der Waals surface area contributed by atoms with Crippen LogP contribution in [0.25, 0.3) is 0 Å². The smallest absolute Gasteiger partial charge is 0.319 e. The average molecular weight is 315 g/mol. The van der Waals surface area contributed by atoms with Gasteiger partial charge in [-0.3, -0.25) is 4.79 Å². The van der Waals surface area contributed by atoms with Gasteiger partial charge in [0.25, 0.3) is 5.91 Å². The molecule has 0 fully saturated rings. The van der Waals surface area contributed by atoms with Crippen LogP contribution < -0.4 is 20.7 Å². The van der Waals surface area contributed by atoms with E-state index in [0.29, 0.717) is 17.1 Å². The van der Waals surface area contributed by atoms with Gasteiger partial charge in [0.2, 0.25) is 0 Å². The summed E-state index contributed by atoms with van der Waals surface area (Å²) in [6.45, 7) is 0.233. The van der Waals surface area contributed by atoms with Crippen molar-refractivity contribution in [2.24, 2.45) is 0 Å². The number of ether oxygens (including phenoxy) is 1. The first-order chi connectivity index (χ1) is 11.1. The number of hydrogen-bond donors (Lipinski definition) is 3. The predicted molar refractivity (Wildman–Crippen MR) is 82.8 cm³/mol. The fourth-order valence-electron chi connectivity index (χ4n) is 2.11. The zero-order chi connectivity index (χ0) is 16.2. The van der Waals surface area contributed by atoms with Crippen molar-refractivity contribution < 1.29 is 18.7 Å². The van der Waals surface area contributed by atoms with Crippen LogP contribution in [-0.4, -0.2) is 18.5 Å². The Morgan fingerprint density at radius 3 is 2.78 bits per heavy atom. The van der Waals surface area contributed by atoms with Crippen molar-refractivity contribution in [3.63, 3.8) is 0 Å². The summed E-state index contributed by atoms with van der Waals surface area (Å²) in [5.74, 6) is -0.0319. The van der Waals surface area contributed by atoms with Crippen molar-refractivity contribution in [3.8, 4) is 5.75 Å². The van der Waals surface area contributed by atoms with E-state index in [4.69, 9.17) is 4.74 Å². The van der Waals surface area contributed by atoms with Gasteiger partial charge >= 0.3 is 6.03 Å². The summed E-state index contributed by atoms with van der Waals surface area (Å²) in [5.41, 5.74) is 1.90. The highest BCUT2D eigenvalue weighted by Crippen LogP contribution is 2.30. The Morgan fingerprint density at radius 2 is 2.00 bits per heavy atom. The van der Waals surface area contributed by atoms with Crippen LogP contribution in [0, 0.1) is 5.82 Å². The topological polar surface area (TPSA) is 79.5 Å². The van der Waals surface area contributed by atoms with Gasteiger partial charge in [-0.15, -0.1) is 0 Å². The number of hydrogen-bond acceptors (Lipinski definition) is 3. The molecule has 3 amide bonds. The molecule has 2 aromatic rings. The van der Waals surface area contributed by atoms with E-state index in [2.05, 4.69) is 16.0 Å². The molecule has 3 rings (SSSR count). The number of anilines is 2. The minimum absolute atomic E-state index is 0.0484. The van der Waals surface area contributed by atoms with E-state index >= 15 is 0 Å². The number of fused-ring (bicyclic) bond motifs is 1. The molecule has 0 radical (unpaired) electrons. The lowest BCUT2D eigenvalue weighted by molar-refractivity contribution is -0.118. The third-order valence-corrected chi connectivity index (χ3v) is 3.24. The molecule has 0 saturated carbocycles. The van der Waals surface area contributed by atoms with E-state index in [9.17, 15) is 14.0 Å². The summed E-state index contributed by atoms with van der Waals surface area (Å²) in [5, 5.41) is 8.01. The van der Waals surface area contributed by atoms with Crippen LogP contribution in [0.5, 0.6) is 5.75 Å². The average Bonchev–Trinajstić information content (AvgIpc) is 2.54. The van der Waals surface area contributed by atoms with Crippen LogP contribution in [0.4, 0.5) is 20.6 Å². The monoisotopic (exact) mass is 315 g/mol. The highest BCUT2D eigenvalue weighted by atomic mass is 19.1. The Balaban J connectivity index is 1.57. The minimum atomic E-state index is -0.394. The lowest BCUT2D eigenvalue weighted by Crippen LogP contribution is -2.28. The second-order valence-corrected chi connectivity index (χ2v) is 4.98. The largest absolute Gasteiger partial charge is 0.482 e. The summed E-state index contributed by atoms with van der Waals surface area (Å²) in [7, 11) is 0. The lowest BCUT2D eigenvalue weighted by Gasteiger charge is -2.18. The Hall–Kier alpha value is -3.09. The van der Waals surface area contributed by atoms with Crippen molar-refractivity contribution in [1.82, 2.24) is 5.32 Å². The van der Waals surface area contributed by atoms with Gasteiger partial charge in [0, 0.05) is 18.3 Å². The molecule has 6 nitrogen and oxygen atoms in total. The molecule has 0 bridgehead atoms. The van der Waals surface area contributed by atoms with Gasteiger partial charge in [-0.2, -0.15) is 0 Å². The number of carbonyl (C=O) groups is 2. The Morgan fingerprint density at radius 1 is 1.22 bits per heavy atom. The molecule has 0 aliphatic carbocycles. The number of rotatable bonds is 3. The number of amides is 3. The summed E-state index contributed by atoms with van der Waals surface area (Å²) >= 11 is 0. The van der Waals surface area contributed by atoms with Crippen molar-refractivity contribution in [3.05, 3.63) is 53.8 Å². The maximum atomic E-state index is 12.8. The summed E-state index contributed by atoms with van der Waals surface area (Å²) in [6.07, 6.45) is 0. The van der Waals surface area contributed by atoms with Crippen molar-refractivity contribution in [2.75, 3.05) is 17.2 Å². The molecule has 118 valence electrons. The summed E-state index contributed by atoms with van der Waals surface area (Å²) < 4.78 is 18.1. The first-order valence-electron chi connectivity index (χ1n) is 6.96. The molecule has 1 heterocycles. The third-order valence-electron chi connectivity index (χ3n) is 3.24. The Labute approximate surface area is 131 Å². The Kier molecular flexibility index (Phi) is 4.09. The molecule has 2 aromatic carbocycles. The van der Waals surface area contributed by atoms with Gasteiger partial charge in [0.15, 0.2) is 6.61 Å². The molecule has 3 N–H and O–H groups in total. The van der Waals surface area contributed by atoms with Crippen LogP contribution in [-0.2, 0) is 11.3 Å². The van der Waals surface area contributed by atoms with E-state index in [1.165, 1.54) is 12.1 Å². The zero-order valence-corrected chi connectivity index (χ0v) is 12.1. The molecule has 0 saturated heterocycles. The van der Waals surface area contributed by atoms with Gasteiger partial charge in [-0.05, 0) is 29.8 Å². The lowest BCUT2D eigenvalue weighted by atomic mass is 10.2. The first-order valence-corrected chi connectivity index (χ1v) is 6.96. The normalized spacial score (nSPS) is 12.7. The molecule has 23 heavy (non-hydrogen) atoms. The van der Waals surface area contributed by atoms with Crippen molar-refractivity contribution in [1.29, 1.82) is 0 Å². The maximum Gasteiger partial charge on any atom is 0.319 e. The van der Waals surface area contributed by atoms with E-state index in [0.717, 1.165) is 5.56 Å². The second kappa shape index (κ2) is 6.35. The third kappa shape index (κ3) is 3.76. The molecular weight excluding hydrogens is 301 g/mol. The summed E-state index contributed by atoms with van der Waals surface area (Å²) in [4.78, 5) is 23.1. The first kappa shape index (κ1) is 14.8. The zero-order valence-electron chi connectivity index (χ0n) is 12.1. The molecule has 0 unspecified atom stereocenters. The van der Waals surface area contributed by atoms with Crippen molar-refractivity contribution in [2.45, 2.75) is 6.54 Å². The maximum absolute atomic E-state index is 12.8. The number of nitrogens with one attached hydrogen (secondary N) is 3. The predicted octanol–water partition coefficient (Wildman–Crippen LogP) is 2.48. The van der Waals surface area contributed by atoms with Gasteiger partial charge in [0.05, 0.1) is 5.69 Å². The standard InChI is InChI=1S/C16H14FN3O3/c17-11-3-1-10(2-4-11)8-18-16(22)19-12-5-6-13-14(7-12)23-9-15(21)20-13/h1-7H,8-9H2,(H,20,21)(H2,18,19,22). The van der Waals surface area contributed by atoms with E-state index < -0.39 is 6.03 Å². The SMILES string of the molecule is O=C1COc2cc(NC(=O)NCc3ccc(F)cc3)ccc2N1. The van der Waals surface area contributed by atoms with Crippen LogP contribution in [0.2, 0.25) is 0 Å². The Bertz CT molecular complexity index is 747. The van der Waals surface area contributed by atoms with Gasteiger partial charge in [-0.25, -0.2) is 9.18 Å². The molecular formula is C16H14FN3O3. The van der Waals surface area contributed by atoms with Crippen LogP contribution in [0.1, 0.15) is 5.56 Å². The van der Waals surface area contributed by atoms with Crippen molar-refractivity contribution >= 4 is 23.3 Å². The van der Waals surface area contributed by atoms with Crippen LogP contribution in [0.3, 0.4) is 0 Å². The highest BCUT2D eigenvalue weighted by molar-refractivity contribution is 5.96. The molecule has 1 aliphatic heterocycles. The quantitative estimate of drug-likeness (QED) is 0.814. The van der Waals surface area contributed by atoms with Gasteiger partial charge in [0.1, 0.15) is 11.6 Å². The fourth-order valence-corrected chi connectivity index (χ4v) is 2.11. The number of benzene rings is 2. The van der Waals surface area contributed by atoms with E-state index in [-0.39, 0.29) is 24.9 Å². The molecule has 1 aliphatic rings. The number of urea groups is 1. The molecule has 0 spiro atoms. The number of carbonyl (C=O) groups excluding carboxylic acids is 2. The molecule has 0 atom stereocenters. The molecule has 0 aromatic heterocycles. The summed E-state index contributed by atoms with van der Waals surface area (Å²) in [6, 6.07) is 10.4. The van der Waals surface area contributed by atoms with E-state index in [1.54, 1.807) is 30.3 Å². The second-order valence-electron chi connectivity index (χ2n) is 4.98. The fraction of sp³-hybridized carbons (Fsp3) is 0.125. The van der Waals surface area contributed by atoms with Gasteiger partial charge < -0.3 is 20.7 Å². The minimum Gasteiger partial charge on any atom is -0.482 e. The molecule has 7 heteroatoms. The van der Waals surface area contributed by atoms with Crippen LogP contribution in [0.15, 0.2) is 42.5 Å². The highest BCUT2D eigenvalue weighted by Gasteiger charge is 2.16. The number of halogens is 1. The van der Waals surface area contributed by atoms with E-state index in [1.807, 2.05) is 0 Å². The van der Waals surface area contributed by atoms with Gasteiger partial charge in [-0.1, -0.05) is 12.1 Å². The van der Waals surface area contributed by atoms with Crippen LogP contribution >= 0.6 is 0 Å².